The molecule has 0 saturated heterocycles. The van der Waals surface area contributed by atoms with Crippen LogP contribution in [0.1, 0.15) is 17.3 Å². The molecule has 0 aliphatic rings. The zero-order chi connectivity index (χ0) is 12.8. The highest BCUT2D eigenvalue weighted by Crippen LogP contribution is 2.15. The van der Waals surface area contributed by atoms with Crippen LogP contribution in [0.5, 0.6) is 5.88 Å². The topological polar surface area (TPSA) is 79.7 Å². The second-order valence-corrected chi connectivity index (χ2v) is 3.34. The lowest BCUT2D eigenvalue weighted by Gasteiger charge is -2.16. The fourth-order valence-corrected chi connectivity index (χ4v) is 1.29. The molecule has 1 N–H and O–H groups in total. The molecule has 0 radical (unpaired) electrons. The van der Waals surface area contributed by atoms with Gasteiger partial charge in [0.05, 0.1) is 6.61 Å². The van der Waals surface area contributed by atoms with Crippen molar-refractivity contribution in [2.75, 3.05) is 20.2 Å². The third-order valence-corrected chi connectivity index (χ3v) is 2.00. The maximum atomic E-state index is 11.9. The second kappa shape index (κ2) is 5.83. The van der Waals surface area contributed by atoms with Gasteiger partial charge in [0.15, 0.2) is 0 Å². The van der Waals surface area contributed by atoms with E-state index in [0.29, 0.717) is 6.61 Å². The van der Waals surface area contributed by atoms with Gasteiger partial charge in [0.25, 0.3) is 5.91 Å². The van der Waals surface area contributed by atoms with Crippen molar-refractivity contribution in [3.05, 3.63) is 23.9 Å². The van der Waals surface area contributed by atoms with E-state index in [1.165, 1.54) is 13.2 Å². The van der Waals surface area contributed by atoms with Crippen molar-refractivity contribution in [1.82, 2.24) is 9.88 Å². The molecular formula is C11H14N2O4. The molecule has 1 heterocycles. The lowest BCUT2D eigenvalue weighted by Crippen LogP contribution is -2.32. The molecule has 1 rings (SSSR count). The standard InChI is InChI=1S/C11H14N2O4/c1-3-17-10-8(5-4-6-12-10)11(16)13(2)7-9(14)15/h4-6H,3,7H2,1-2H3,(H,14,15). The quantitative estimate of drug-likeness (QED) is 0.814. The first-order valence-corrected chi connectivity index (χ1v) is 5.11. The highest BCUT2D eigenvalue weighted by molar-refractivity contribution is 5.97. The van der Waals surface area contributed by atoms with Gasteiger partial charge in [-0.25, -0.2) is 4.98 Å². The summed E-state index contributed by atoms with van der Waals surface area (Å²) < 4.78 is 5.21. The Balaban J connectivity index is 2.91. The van der Waals surface area contributed by atoms with Gasteiger partial charge < -0.3 is 14.7 Å². The summed E-state index contributed by atoms with van der Waals surface area (Å²) >= 11 is 0. The van der Waals surface area contributed by atoms with E-state index in [4.69, 9.17) is 9.84 Å². The molecule has 0 bridgehead atoms. The normalized spacial score (nSPS) is 9.76. The van der Waals surface area contributed by atoms with Gasteiger partial charge in [-0.3, -0.25) is 9.59 Å². The van der Waals surface area contributed by atoms with Crippen molar-refractivity contribution in [3.8, 4) is 5.88 Å². The van der Waals surface area contributed by atoms with Crippen molar-refractivity contribution < 1.29 is 19.4 Å². The summed E-state index contributed by atoms with van der Waals surface area (Å²) in [7, 11) is 1.42. The Hall–Kier alpha value is -2.11. The van der Waals surface area contributed by atoms with Gasteiger partial charge in [0, 0.05) is 13.2 Å². The van der Waals surface area contributed by atoms with Gasteiger partial charge in [-0.15, -0.1) is 0 Å². The molecule has 0 unspecified atom stereocenters. The first kappa shape index (κ1) is 13.0. The van der Waals surface area contributed by atoms with E-state index in [9.17, 15) is 9.59 Å². The van der Waals surface area contributed by atoms with E-state index in [-0.39, 0.29) is 18.0 Å². The van der Waals surface area contributed by atoms with Gasteiger partial charge in [-0.1, -0.05) is 0 Å². The first-order valence-electron chi connectivity index (χ1n) is 5.11. The van der Waals surface area contributed by atoms with Crippen LogP contribution < -0.4 is 4.74 Å². The summed E-state index contributed by atoms with van der Waals surface area (Å²) in [6, 6.07) is 3.16. The van der Waals surface area contributed by atoms with Gasteiger partial charge >= 0.3 is 5.97 Å². The summed E-state index contributed by atoms with van der Waals surface area (Å²) in [5.41, 5.74) is 0.262. The number of carboxylic acid groups (broad SMARTS) is 1. The maximum Gasteiger partial charge on any atom is 0.323 e. The van der Waals surface area contributed by atoms with Crippen molar-refractivity contribution in [1.29, 1.82) is 0 Å². The molecule has 0 aliphatic heterocycles. The van der Waals surface area contributed by atoms with Crippen molar-refractivity contribution in [2.45, 2.75) is 6.92 Å². The molecule has 0 aliphatic carbocycles. The highest BCUT2D eigenvalue weighted by atomic mass is 16.5. The number of pyridine rings is 1. The average Bonchev–Trinajstić information content (AvgIpc) is 2.28. The Labute approximate surface area is 98.8 Å². The van der Waals surface area contributed by atoms with Crippen molar-refractivity contribution in [3.63, 3.8) is 0 Å². The van der Waals surface area contributed by atoms with Crippen LogP contribution in [0.25, 0.3) is 0 Å². The Bertz CT molecular complexity index is 420. The maximum absolute atomic E-state index is 11.9. The number of nitrogens with zero attached hydrogens (tertiary/aromatic N) is 2. The first-order chi connectivity index (χ1) is 8.06. The zero-order valence-electron chi connectivity index (χ0n) is 9.71. The Morgan fingerprint density at radius 1 is 1.53 bits per heavy atom. The van der Waals surface area contributed by atoms with Crippen LogP contribution in [-0.2, 0) is 4.79 Å². The van der Waals surface area contributed by atoms with Crippen LogP contribution >= 0.6 is 0 Å². The van der Waals surface area contributed by atoms with E-state index in [1.54, 1.807) is 19.1 Å². The van der Waals surface area contributed by atoms with Crippen molar-refractivity contribution >= 4 is 11.9 Å². The van der Waals surface area contributed by atoms with E-state index in [1.807, 2.05) is 0 Å². The number of rotatable bonds is 5. The van der Waals surface area contributed by atoms with Crippen LogP contribution in [0, 0.1) is 0 Å². The molecule has 0 aromatic carbocycles. The van der Waals surface area contributed by atoms with Gasteiger partial charge in [-0.05, 0) is 19.1 Å². The predicted octanol–water partition coefficient (Wildman–Crippen LogP) is 0.637. The molecule has 0 spiro atoms. The number of aromatic nitrogens is 1. The molecule has 0 atom stereocenters. The van der Waals surface area contributed by atoms with Crippen LogP contribution in [0.3, 0.4) is 0 Å². The van der Waals surface area contributed by atoms with E-state index in [0.717, 1.165) is 4.90 Å². The minimum Gasteiger partial charge on any atom is -0.480 e. The molecule has 6 heteroatoms. The fraction of sp³-hybridized carbons (Fsp3) is 0.364. The Morgan fingerprint density at radius 3 is 2.82 bits per heavy atom. The van der Waals surface area contributed by atoms with Gasteiger partial charge in [0.2, 0.25) is 5.88 Å². The third kappa shape index (κ3) is 3.44. The molecular weight excluding hydrogens is 224 g/mol. The van der Waals surface area contributed by atoms with E-state index >= 15 is 0 Å². The van der Waals surface area contributed by atoms with Crippen LogP contribution in [0.4, 0.5) is 0 Å². The number of amides is 1. The number of carboxylic acids is 1. The lowest BCUT2D eigenvalue weighted by molar-refractivity contribution is -0.137. The number of likely N-dealkylation sites (N-methyl/N-ethyl adjacent to an activating group) is 1. The van der Waals surface area contributed by atoms with E-state index < -0.39 is 11.9 Å². The summed E-state index contributed by atoms with van der Waals surface area (Å²) in [6.07, 6.45) is 1.51. The number of hydrogen-bond acceptors (Lipinski definition) is 4. The number of aliphatic carboxylic acids is 1. The number of ether oxygens (including phenoxy) is 1. The van der Waals surface area contributed by atoms with E-state index in [2.05, 4.69) is 4.98 Å². The summed E-state index contributed by atoms with van der Waals surface area (Å²) in [5, 5.41) is 8.61. The highest BCUT2D eigenvalue weighted by Gasteiger charge is 2.18. The molecule has 1 aromatic rings. The zero-order valence-corrected chi connectivity index (χ0v) is 9.71. The second-order valence-electron chi connectivity index (χ2n) is 3.34. The Morgan fingerprint density at radius 2 is 2.24 bits per heavy atom. The molecule has 0 saturated carbocycles. The molecule has 1 amide bonds. The molecule has 1 aromatic heterocycles. The third-order valence-electron chi connectivity index (χ3n) is 2.00. The fourth-order valence-electron chi connectivity index (χ4n) is 1.29. The largest absolute Gasteiger partial charge is 0.480 e. The van der Waals surface area contributed by atoms with Crippen LogP contribution in [0.15, 0.2) is 18.3 Å². The van der Waals surface area contributed by atoms with Crippen molar-refractivity contribution in [2.24, 2.45) is 0 Å². The van der Waals surface area contributed by atoms with Gasteiger partial charge in [0.1, 0.15) is 12.1 Å². The summed E-state index contributed by atoms with van der Waals surface area (Å²) in [6.45, 7) is 1.81. The van der Waals surface area contributed by atoms with Gasteiger partial charge in [-0.2, -0.15) is 0 Å². The SMILES string of the molecule is CCOc1ncccc1C(=O)N(C)CC(=O)O. The smallest absolute Gasteiger partial charge is 0.323 e. The molecule has 0 fully saturated rings. The monoisotopic (exact) mass is 238 g/mol. The number of carbonyl (C=O) groups excluding carboxylic acids is 1. The minimum atomic E-state index is -1.07. The Kier molecular flexibility index (Phi) is 4.45. The average molecular weight is 238 g/mol. The molecule has 17 heavy (non-hydrogen) atoms. The number of carbonyl (C=O) groups is 2. The molecule has 92 valence electrons. The molecule has 6 nitrogen and oxygen atoms in total. The van der Waals surface area contributed by atoms with Crippen LogP contribution in [-0.4, -0.2) is 47.1 Å². The predicted molar refractivity (Wildman–Crippen MR) is 60.0 cm³/mol. The summed E-state index contributed by atoms with van der Waals surface area (Å²) in [4.78, 5) is 27.5. The number of hydrogen-bond donors (Lipinski definition) is 1. The minimum absolute atomic E-state index is 0.220. The lowest BCUT2D eigenvalue weighted by atomic mass is 10.2. The summed E-state index contributed by atoms with van der Waals surface area (Å²) in [5.74, 6) is -1.27. The van der Waals surface area contributed by atoms with Crippen LogP contribution in [0.2, 0.25) is 0 Å².